The molecule has 0 bridgehead atoms. The Kier molecular flexibility index (Phi) is 9.00. The van der Waals surface area contributed by atoms with Gasteiger partial charge < -0.3 is 30.1 Å². The number of nitrogens with one attached hydrogen (secondary N) is 2. The van der Waals surface area contributed by atoms with E-state index in [0.717, 1.165) is 31.6 Å². The molecular weight excluding hydrogens is 517 g/mol. The van der Waals surface area contributed by atoms with E-state index in [1.165, 1.54) is 6.42 Å². The second kappa shape index (κ2) is 12.4. The molecule has 198 valence electrons. The largest absolute Gasteiger partial charge is 0.450 e. The molecule has 11 heteroatoms. The maximum absolute atomic E-state index is 13.3. The van der Waals surface area contributed by atoms with Crippen molar-refractivity contribution in [3.05, 3.63) is 52.0 Å². The number of ether oxygens (including phenoxy) is 1. The third-order valence-electron chi connectivity index (χ3n) is 6.46. The molecule has 0 radical (unpaired) electrons. The highest BCUT2D eigenvalue weighted by atomic mass is 35.5. The second-order valence-corrected chi connectivity index (χ2v) is 9.78. The Morgan fingerprint density at radius 1 is 0.838 bits per heavy atom. The van der Waals surface area contributed by atoms with Gasteiger partial charge >= 0.3 is 12.1 Å². The van der Waals surface area contributed by atoms with Crippen molar-refractivity contribution >= 4 is 58.3 Å². The number of amides is 4. The van der Waals surface area contributed by atoms with Gasteiger partial charge in [-0.15, -0.1) is 0 Å². The summed E-state index contributed by atoms with van der Waals surface area (Å²) in [6.45, 7) is 5.48. The predicted molar refractivity (Wildman–Crippen MR) is 146 cm³/mol. The van der Waals surface area contributed by atoms with Crippen molar-refractivity contribution in [3.63, 3.8) is 0 Å². The molecule has 2 aromatic carbocycles. The molecule has 2 aliphatic heterocycles. The van der Waals surface area contributed by atoms with Crippen LogP contribution in [0.25, 0.3) is 0 Å². The van der Waals surface area contributed by atoms with Crippen molar-refractivity contribution in [3.8, 4) is 0 Å². The highest BCUT2D eigenvalue weighted by Crippen LogP contribution is 2.31. The van der Waals surface area contributed by atoms with Crippen LogP contribution in [0.3, 0.4) is 0 Å². The lowest BCUT2D eigenvalue weighted by molar-refractivity contribution is 0.0570. The Labute approximate surface area is 226 Å². The number of anilines is 3. The second-order valence-electron chi connectivity index (χ2n) is 8.97. The topological polar surface area (TPSA) is 94.2 Å². The lowest BCUT2D eigenvalue weighted by Crippen LogP contribution is -2.50. The summed E-state index contributed by atoms with van der Waals surface area (Å²) in [6, 6.07) is 9.80. The van der Waals surface area contributed by atoms with Crippen LogP contribution < -0.4 is 15.5 Å². The average molecular weight is 548 g/mol. The fraction of sp³-hybridized carbons (Fsp3) is 0.423. The summed E-state index contributed by atoms with van der Waals surface area (Å²) in [6.07, 6.45) is 2.95. The van der Waals surface area contributed by atoms with Crippen LogP contribution in [0.2, 0.25) is 10.0 Å². The Hall–Kier alpha value is -3.17. The van der Waals surface area contributed by atoms with Gasteiger partial charge in [0.15, 0.2) is 0 Å². The lowest BCUT2D eigenvalue weighted by Gasteiger charge is -2.34. The minimum atomic E-state index is -0.454. The Morgan fingerprint density at radius 3 is 2.22 bits per heavy atom. The molecule has 0 spiro atoms. The van der Waals surface area contributed by atoms with Gasteiger partial charge in [-0.2, -0.15) is 0 Å². The molecule has 2 saturated heterocycles. The molecular formula is C26H31Cl2N5O4. The van der Waals surface area contributed by atoms with Crippen LogP contribution in [0.5, 0.6) is 0 Å². The highest BCUT2D eigenvalue weighted by Gasteiger charge is 2.26. The Morgan fingerprint density at radius 2 is 1.54 bits per heavy atom. The van der Waals surface area contributed by atoms with Crippen LogP contribution in [-0.4, -0.2) is 73.7 Å². The number of urea groups is 1. The van der Waals surface area contributed by atoms with Gasteiger partial charge in [0.05, 0.1) is 28.0 Å². The zero-order valence-electron chi connectivity index (χ0n) is 20.8. The van der Waals surface area contributed by atoms with E-state index in [0.29, 0.717) is 59.8 Å². The van der Waals surface area contributed by atoms with Crippen LogP contribution in [0.15, 0.2) is 36.4 Å². The minimum absolute atomic E-state index is 0.151. The van der Waals surface area contributed by atoms with Crippen LogP contribution in [0.4, 0.5) is 26.7 Å². The summed E-state index contributed by atoms with van der Waals surface area (Å²) in [5, 5.41) is 6.42. The van der Waals surface area contributed by atoms with E-state index in [1.54, 1.807) is 47.1 Å². The predicted octanol–water partition coefficient (Wildman–Crippen LogP) is 5.54. The summed E-state index contributed by atoms with van der Waals surface area (Å²) in [7, 11) is 0. The monoisotopic (exact) mass is 547 g/mol. The zero-order valence-corrected chi connectivity index (χ0v) is 22.3. The van der Waals surface area contributed by atoms with Gasteiger partial charge in [-0.3, -0.25) is 4.79 Å². The van der Waals surface area contributed by atoms with E-state index < -0.39 is 6.03 Å². The van der Waals surface area contributed by atoms with Gasteiger partial charge in [0.1, 0.15) is 0 Å². The third kappa shape index (κ3) is 6.78. The number of benzene rings is 2. The quantitative estimate of drug-likeness (QED) is 0.512. The fourth-order valence-electron chi connectivity index (χ4n) is 4.53. The normalized spacial score (nSPS) is 15.8. The van der Waals surface area contributed by atoms with E-state index in [-0.39, 0.29) is 12.0 Å². The number of piperidine rings is 1. The summed E-state index contributed by atoms with van der Waals surface area (Å²) >= 11 is 12.0. The maximum Gasteiger partial charge on any atom is 0.409 e. The molecule has 37 heavy (non-hydrogen) atoms. The van der Waals surface area contributed by atoms with Crippen molar-refractivity contribution in [1.29, 1.82) is 0 Å². The SMILES string of the molecule is CCOC(=O)N1CCN(C(=O)c2ccc(N3CCCCC3)c(NC(=O)Nc3ccc(Cl)c(Cl)c3)c2)CC1. The molecule has 0 unspecified atom stereocenters. The molecule has 4 amide bonds. The number of hydrogen-bond donors (Lipinski definition) is 2. The Balaban J connectivity index is 1.50. The van der Waals surface area contributed by atoms with Crippen molar-refractivity contribution in [2.45, 2.75) is 26.2 Å². The molecule has 0 aromatic heterocycles. The first-order valence-corrected chi connectivity index (χ1v) is 13.2. The molecule has 2 fully saturated rings. The van der Waals surface area contributed by atoms with Gasteiger partial charge in [-0.25, -0.2) is 9.59 Å². The van der Waals surface area contributed by atoms with Crippen molar-refractivity contribution in [2.24, 2.45) is 0 Å². The number of piperazine rings is 1. The molecule has 2 aliphatic rings. The van der Waals surface area contributed by atoms with Crippen LogP contribution >= 0.6 is 23.2 Å². The minimum Gasteiger partial charge on any atom is -0.450 e. The molecule has 9 nitrogen and oxygen atoms in total. The van der Waals surface area contributed by atoms with E-state index in [2.05, 4.69) is 15.5 Å². The molecule has 4 rings (SSSR count). The summed E-state index contributed by atoms with van der Waals surface area (Å²) in [4.78, 5) is 43.7. The van der Waals surface area contributed by atoms with Crippen molar-refractivity contribution in [2.75, 3.05) is 61.4 Å². The number of halogens is 2. The standard InChI is InChI=1S/C26H31Cl2N5O4/c1-2-37-26(36)33-14-12-32(13-15-33)24(34)18-6-9-23(31-10-4-3-5-11-31)22(16-18)30-25(35)29-19-7-8-20(27)21(28)17-19/h6-9,16-17H,2-5,10-15H2,1H3,(H2,29,30,35). The summed E-state index contributed by atoms with van der Waals surface area (Å²) in [5.41, 5.74) is 2.39. The van der Waals surface area contributed by atoms with E-state index in [9.17, 15) is 14.4 Å². The summed E-state index contributed by atoms with van der Waals surface area (Å²) in [5.74, 6) is -0.151. The van der Waals surface area contributed by atoms with Crippen LogP contribution in [-0.2, 0) is 4.74 Å². The number of nitrogens with zero attached hydrogens (tertiary/aromatic N) is 3. The van der Waals surface area contributed by atoms with Gasteiger partial charge in [-0.05, 0) is 62.6 Å². The van der Waals surface area contributed by atoms with Crippen LogP contribution in [0, 0.1) is 0 Å². The summed E-state index contributed by atoms with van der Waals surface area (Å²) < 4.78 is 5.06. The number of carbonyl (C=O) groups excluding carboxylic acids is 3. The molecule has 0 atom stereocenters. The maximum atomic E-state index is 13.3. The molecule has 2 N–H and O–H groups in total. The first-order chi connectivity index (χ1) is 17.9. The van der Waals surface area contributed by atoms with Gasteiger partial charge in [0.25, 0.3) is 5.91 Å². The molecule has 2 aromatic rings. The van der Waals surface area contributed by atoms with Crippen molar-refractivity contribution in [1.82, 2.24) is 9.80 Å². The Bertz CT molecular complexity index is 1150. The zero-order chi connectivity index (χ0) is 26.4. The van der Waals surface area contributed by atoms with Gasteiger partial charge in [-0.1, -0.05) is 23.2 Å². The van der Waals surface area contributed by atoms with Crippen molar-refractivity contribution < 1.29 is 19.1 Å². The van der Waals surface area contributed by atoms with Gasteiger partial charge in [0, 0.05) is 50.5 Å². The fourth-order valence-corrected chi connectivity index (χ4v) is 4.83. The number of carbonyl (C=O) groups is 3. The van der Waals surface area contributed by atoms with Crippen LogP contribution in [0.1, 0.15) is 36.5 Å². The van der Waals surface area contributed by atoms with Gasteiger partial charge in [0.2, 0.25) is 0 Å². The molecule has 2 heterocycles. The van der Waals surface area contributed by atoms with E-state index in [4.69, 9.17) is 27.9 Å². The smallest absolute Gasteiger partial charge is 0.409 e. The third-order valence-corrected chi connectivity index (χ3v) is 7.20. The van der Waals surface area contributed by atoms with E-state index >= 15 is 0 Å². The first kappa shape index (κ1) is 26.9. The van der Waals surface area contributed by atoms with E-state index in [1.807, 2.05) is 6.07 Å². The lowest BCUT2D eigenvalue weighted by atomic mass is 10.1. The number of hydrogen-bond acceptors (Lipinski definition) is 5. The highest BCUT2D eigenvalue weighted by molar-refractivity contribution is 6.42. The molecule has 0 saturated carbocycles. The molecule has 0 aliphatic carbocycles. The average Bonchev–Trinajstić information content (AvgIpc) is 2.91. The number of rotatable bonds is 5. The first-order valence-electron chi connectivity index (χ1n) is 12.5.